The lowest BCUT2D eigenvalue weighted by molar-refractivity contribution is 0.463. The molecule has 0 aliphatic rings. The van der Waals surface area contributed by atoms with Crippen molar-refractivity contribution in [3.05, 3.63) is 54.6 Å². The van der Waals surface area contributed by atoms with Crippen molar-refractivity contribution >= 4 is 23.2 Å². The van der Waals surface area contributed by atoms with Crippen LogP contribution in [-0.2, 0) is 0 Å². The van der Waals surface area contributed by atoms with E-state index in [2.05, 4.69) is 6.58 Å². The molecular formula is C14H16ClNO. The molecular weight excluding hydrogens is 234 g/mol. The predicted molar refractivity (Wildman–Crippen MR) is 74.6 cm³/mol. The van der Waals surface area contributed by atoms with E-state index in [9.17, 15) is 5.11 Å². The van der Waals surface area contributed by atoms with Gasteiger partial charge in [0.05, 0.1) is 0 Å². The van der Waals surface area contributed by atoms with Crippen molar-refractivity contribution in [2.24, 2.45) is 5.73 Å². The molecule has 0 aliphatic heterocycles. The number of benzene rings is 2. The molecule has 2 rings (SSSR count). The topological polar surface area (TPSA) is 46.2 Å². The summed E-state index contributed by atoms with van der Waals surface area (Å²) in [5.41, 5.74) is 6.84. The maximum absolute atomic E-state index is 9.89. The molecule has 2 aromatic rings. The van der Waals surface area contributed by atoms with Gasteiger partial charge in [-0.3, -0.25) is 0 Å². The lowest BCUT2D eigenvalue weighted by Gasteiger charge is -2.14. The van der Waals surface area contributed by atoms with Crippen molar-refractivity contribution in [2.75, 3.05) is 0 Å². The number of fused-ring (bicyclic) bond motifs is 1. The van der Waals surface area contributed by atoms with Crippen LogP contribution in [0.15, 0.2) is 49.1 Å². The Balaban J connectivity index is 0.00000144. The Labute approximate surface area is 107 Å². The Morgan fingerprint density at radius 2 is 1.94 bits per heavy atom. The second kappa shape index (κ2) is 5.71. The van der Waals surface area contributed by atoms with Crippen LogP contribution in [0.25, 0.3) is 10.8 Å². The van der Waals surface area contributed by atoms with E-state index in [0.717, 1.165) is 16.3 Å². The van der Waals surface area contributed by atoms with Gasteiger partial charge in [-0.15, -0.1) is 19.0 Å². The number of halogens is 1. The maximum Gasteiger partial charge on any atom is 0.120 e. The van der Waals surface area contributed by atoms with E-state index >= 15 is 0 Å². The van der Waals surface area contributed by atoms with Crippen molar-refractivity contribution in [3.8, 4) is 5.75 Å². The second-order valence-corrected chi connectivity index (χ2v) is 3.85. The molecule has 0 amide bonds. The number of rotatable bonds is 3. The third kappa shape index (κ3) is 2.60. The van der Waals surface area contributed by atoms with Crippen LogP contribution in [0.1, 0.15) is 18.0 Å². The molecule has 90 valence electrons. The molecule has 0 heterocycles. The summed E-state index contributed by atoms with van der Waals surface area (Å²) in [5.74, 6) is 0.257. The lowest BCUT2D eigenvalue weighted by atomic mass is 9.96. The minimum Gasteiger partial charge on any atom is -0.508 e. The Morgan fingerprint density at radius 1 is 1.24 bits per heavy atom. The number of nitrogens with two attached hydrogens (primary N) is 1. The molecule has 0 saturated heterocycles. The molecule has 2 nitrogen and oxygen atoms in total. The van der Waals surface area contributed by atoms with Gasteiger partial charge >= 0.3 is 0 Å². The van der Waals surface area contributed by atoms with Crippen LogP contribution >= 0.6 is 12.4 Å². The van der Waals surface area contributed by atoms with E-state index in [1.54, 1.807) is 12.1 Å². The van der Waals surface area contributed by atoms with Crippen molar-refractivity contribution in [1.82, 2.24) is 0 Å². The number of hydrogen-bond donors (Lipinski definition) is 2. The van der Waals surface area contributed by atoms with Crippen LogP contribution in [0.2, 0.25) is 0 Å². The van der Waals surface area contributed by atoms with Crippen LogP contribution < -0.4 is 5.73 Å². The lowest BCUT2D eigenvalue weighted by Crippen LogP contribution is -2.09. The van der Waals surface area contributed by atoms with Gasteiger partial charge in [0.1, 0.15) is 5.75 Å². The first-order chi connectivity index (χ1) is 7.74. The van der Waals surface area contributed by atoms with Gasteiger partial charge in [0.2, 0.25) is 0 Å². The van der Waals surface area contributed by atoms with Gasteiger partial charge in [-0.1, -0.05) is 36.4 Å². The van der Waals surface area contributed by atoms with Gasteiger partial charge in [-0.25, -0.2) is 0 Å². The first-order valence-corrected chi connectivity index (χ1v) is 5.31. The molecule has 0 spiro atoms. The van der Waals surface area contributed by atoms with Crippen LogP contribution in [-0.4, -0.2) is 5.11 Å². The molecule has 0 bridgehead atoms. The quantitative estimate of drug-likeness (QED) is 0.818. The largest absolute Gasteiger partial charge is 0.508 e. The van der Waals surface area contributed by atoms with Crippen LogP contribution in [0.5, 0.6) is 5.75 Å². The van der Waals surface area contributed by atoms with Gasteiger partial charge < -0.3 is 10.8 Å². The Bertz CT molecular complexity index is 525. The van der Waals surface area contributed by atoms with E-state index in [1.807, 2.05) is 30.3 Å². The smallest absolute Gasteiger partial charge is 0.120 e. The fourth-order valence-corrected chi connectivity index (χ4v) is 1.97. The highest BCUT2D eigenvalue weighted by Gasteiger charge is 2.12. The molecule has 0 aromatic heterocycles. The molecule has 0 aliphatic carbocycles. The Hall–Kier alpha value is -1.51. The summed E-state index contributed by atoms with van der Waals surface area (Å²) in [6.45, 7) is 3.67. The van der Waals surface area contributed by atoms with Gasteiger partial charge in [0, 0.05) is 11.6 Å². The average Bonchev–Trinajstić information content (AvgIpc) is 2.29. The van der Waals surface area contributed by atoms with Crippen molar-refractivity contribution < 1.29 is 5.11 Å². The summed E-state index contributed by atoms with van der Waals surface area (Å²) in [6.07, 6.45) is 2.42. The maximum atomic E-state index is 9.89. The summed E-state index contributed by atoms with van der Waals surface area (Å²) in [7, 11) is 0. The summed E-state index contributed by atoms with van der Waals surface area (Å²) < 4.78 is 0. The number of phenols is 1. The zero-order chi connectivity index (χ0) is 11.5. The molecule has 1 atom stereocenters. The van der Waals surface area contributed by atoms with Crippen molar-refractivity contribution in [3.63, 3.8) is 0 Å². The number of aromatic hydroxyl groups is 1. The molecule has 2 aromatic carbocycles. The second-order valence-electron chi connectivity index (χ2n) is 3.85. The van der Waals surface area contributed by atoms with Crippen LogP contribution in [0, 0.1) is 0 Å². The first kappa shape index (κ1) is 13.6. The minimum atomic E-state index is -0.205. The van der Waals surface area contributed by atoms with Gasteiger partial charge in [0.25, 0.3) is 0 Å². The van der Waals surface area contributed by atoms with E-state index in [4.69, 9.17) is 5.73 Å². The predicted octanol–water partition coefficient (Wildman–Crippen LogP) is 3.54. The molecule has 0 unspecified atom stereocenters. The Morgan fingerprint density at radius 3 is 2.65 bits per heavy atom. The third-order valence-electron chi connectivity index (χ3n) is 2.74. The molecule has 3 N–H and O–H groups in total. The Kier molecular flexibility index (Phi) is 4.55. The zero-order valence-electron chi connectivity index (χ0n) is 9.47. The summed E-state index contributed by atoms with van der Waals surface area (Å²) in [6, 6.07) is 11.3. The highest BCUT2D eigenvalue weighted by Crippen LogP contribution is 2.32. The summed E-state index contributed by atoms with van der Waals surface area (Å²) in [5, 5.41) is 12.0. The highest BCUT2D eigenvalue weighted by molar-refractivity contribution is 5.88. The number of hydrogen-bond acceptors (Lipinski definition) is 2. The normalized spacial score (nSPS) is 11.8. The van der Waals surface area contributed by atoms with Crippen molar-refractivity contribution in [2.45, 2.75) is 12.5 Å². The number of phenolic OH excluding ortho intramolecular Hbond substituents is 1. The van der Waals surface area contributed by atoms with E-state index in [0.29, 0.717) is 6.42 Å². The fourth-order valence-electron chi connectivity index (χ4n) is 1.97. The van der Waals surface area contributed by atoms with Crippen LogP contribution in [0.4, 0.5) is 0 Å². The zero-order valence-corrected chi connectivity index (χ0v) is 10.3. The molecule has 0 radical (unpaired) electrons. The van der Waals surface area contributed by atoms with Gasteiger partial charge in [-0.05, 0) is 23.3 Å². The third-order valence-corrected chi connectivity index (χ3v) is 2.74. The van der Waals surface area contributed by atoms with Gasteiger partial charge in [0.15, 0.2) is 0 Å². The van der Waals surface area contributed by atoms with E-state index in [1.165, 1.54) is 0 Å². The fraction of sp³-hybridized carbons (Fsp3) is 0.143. The van der Waals surface area contributed by atoms with E-state index in [-0.39, 0.29) is 24.2 Å². The summed E-state index contributed by atoms with van der Waals surface area (Å²) >= 11 is 0. The molecule has 17 heavy (non-hydrogen) atoms. The summed E-state index contributed by atoms with van der Waals surface area (Å²) in [4.78, 5) is 0. The van der Waals surface area contributed by atoms with Gasteiger partial charge in [-0.2, -0.15) is 0 Å². The monoisotopic (exact) mass is 249 g/mol. The van der Waals surface area contributed by atoms with E-state index < -0.39 is 0 Å². The standard InChI is InChI=1S/C14H15NO.ClH/c1-2-5-12(15)14-11-7-4-3-6-10(11)8-9-13(14)16;/h2-4,6-9,12,16H,1,5,15H2;1H/t12-;/m0./s1. The molecule has 0 fully saturated rings. The van der Waals surface area contributed by atoms with Crippen LogP contribution in [0.3, 0.4) is 0 Å². The minimum absolute atomic E-state index is 0. The molecule has 3 heteroatoms. The SMILES string of the molecule is C=CC[C@H](N)c1c(O)ccc2ccccc12.Cl. The average molecular weight is 250 g/mol. The first-order valence-electron chi connectivity index (χ1n) is 5.31. The van der Waals surface area contributed by atoms with Crippen molar-refractivity contribution in [1.29, 1.82) is 0 Å². The molecule has 0 saturated carbocycles. The highest BCUT2D eigenvalue weighted by atomic mass is 35.5.